The average Bonchev–Trinajstić information content (AvgIpc) is 3.66. The van der Waals surface area contributed by atoms with Crippen molar-refractivity contribution < 1.29 is 4.74 Å². The number of ether oxygens (including phenoxy) is 1. The van der Waals surface area contributed by atoms with Crippen LogP contribution in [-0.2, 0) is 11.2 Å². The van der Waals surface area contributed by atoms with Crippen LogP contribution in [-0.4, -0.2) is 23.0 Å². The van der Waals surface area contributed by atoms with E-state index in [0.717, 1.165) is 42.3 Å². The van der Waals surface area contributed by atoms with Crippen LogP contribution in [0.4, 0.5) is 0 Å². The lowest BCUT2D eigenvalue weighted by Gasteiger charge is -2.19. The lowest BCUT2D eigenvalue weighted by Crippen LogP contribution is -2.28. The number of nitrogens with one attached hydrogen (secondary N) is 1. The van der Waals surface area contributed by atoms with Crippen LogP contribution in [0.2, 0.25) is 0 Å². The molecule has 1 saturated carbocycles. The third-order valence-electron chi connectivity index (χ3n) is 6.66. The van der Waals surface area contributed by atoms with E-state index in [4.69, 9.17) is 4.74 Å². The highest BCUT2D eigenvalue weighted by Crippen LogP contribution is 2.34. The molecule has 1 aliphatic heterocycles. The number of aromatic nitrogens is 2. The molecular formula is C28H45N3O. The largest absolute Gasteiger partial charge is 0.362 e. The number of unbranched alkanes of at least 4 members (excludes halogenated alkanes) is 10. The predicted octanol–water partition coefficient (Wildman–Crippen LogP) is 7.36. The van der Waals surface area contributed by atoms with Crippen LogP contribution >= 0.6 is 0 Å². The van der Waals surface area contributed by atoms with Crippen molar-refractivity contribution in [3.05, 3.63) is 41.9 Å². The Morgan fingerprint density at radius 3 is 2.31 bits per heavy atom. The summed E-state index contributed by atoms with van der Waals surface area (Å²) >= 11 is 0. The third-order valence-corrected chi connectivity index (χ3v) is 6.66. The van der Waals surface area contributed by atoms with Crippen molar-refractivity contribution in [2.75, 3.05) is 6.61 Å². The maximum absolute atomic E-state index is 5.89. The SMILES string of the molecule is CCCCCCCOC1C=CC(c2ccc(CCCCCCCCCC3CC3)nn2)=CN1. The van der Waals surface area contributed by atoms with Crippen LogP contribution in [0.5, 0.6) is 0 Å². The minimum absolute atomic E-state index is 0.0321. The maximum atomic E-state index is 5.89. The van der Waals surface area contributed by atoms with Gasteiger partial charge in [0.05, 0.1) is 11.4 Å². The molecule has 178 valence electrons. The molecule has 0 bridgehead atoms. The van der Waals surface area contributed by atoms with Gasteiger partial charge in [0.15, 0.2) is 0 Å². The highest BCUT2D eigenvalue weighted by atomic mass is 16.5. The maximum Gasteiger partial charge on any atom is 0.146 e. The Morgan fingerprint density at radius 1 is 0.875 bits per heavy atom. The molecular weight excluding hydrogens is 394 g/mol. The second kappa shape index (κ2) is 15.2. The number of dihydropyridines is 1. The third kappa shape index (κ3) is 10.3. The van der Waals surface area contributed by atoms with E-state index in [9.17, 15) is 0 Å². The standard InChI is InChI=1S/C28H45N3O/c1-2-3-4-10-13-22-32-28-21-18-25(23-29-28)27-20-19-26(30-31-27)15-12-9-7-5-6-8-11-14-24-16-17-24/h18-21,23-24,28-29H,2-17,22H2,1H3. The van der Waals surface area contributed by atoms with E-state index in [0.29, 0.717) is 0 Å². The molecule has 0 amide bonds. The molecule has 4 nitrogen and oxygen atoms in total. The summed E-state index contributed by atoms with van der Waals surface area (Å²) in [6.07, 6.45) is 27.6. The van der Waals surface area contributed by atoms with Crippen molar-refractivity contribution in [3.63, 3.8) is 0 Å². The summed E-state index contributed by atoms with van der Waals surface area (Å²) in [5.41, 5.74) is 3.09. The molecule has 2 aliphatic rings. The van der Waals surface area contributed by atoms with Gasteiger partial charge in [-0.05, 0) is 43.4 Å². The Morgan fingerprint density at radius 2 is 1.62 bits per heavy atom. The van der Waals surface area contributed by atoms with Gasteiger partial charge in [-0.1, -0.05) is 96.5 Å². The molecule has 1 aliphatic carbocycles. The van der Waals surface area contributed by atoms with E-state index in [1.807, 2.05) is 6.20 Å². The lowest BCUT2D eigenvalue weighted by atomic mass is 10.1. The fourth-order valence-electron chi connectivity index (χ4n) is 4.32. The van der Waals surface area contributed by atoms with Crippen molar-refractivity contribution in [1.82, 2.24) is 15.5 Å². The first-order chi connectivity index (χ1) is 15.8. The molecule has 2 heterocycles. The van der Waals surface area contributed by atoms with Crippen molar-refractivity contribution in [3.8, 4) is 0 Å². The van der Waals surface area contributed by atoms with Gasteiger partial charge in [0.1, 0.15) is 6.23 Å². The highest BCUT2D eigenvalue weighted by Gasteiger charge is 2.19. The van der Waals surface area contributed by atoms with Gasteiger partial charge < -0.3 is 10.1 Å². The normalized spacial score (nSPS) is 17.9. The molecule has 1 atom stereocenters. The molecule has 32 heavy (non-hydrogen) atoms. The molecule has 0 saturated heterocycles. The predicted molar refractivity (Wildman–Crippen MR) is 134 cm³/mol. The van der Waals surface area contributed by atoms with Gasteiger partial charge in [0, 0.05) is 18.4 Å². The van der Waals surface area contributed by atoms with Crippen LogP contribution in [0, 0.1) is 5.92 Å². The van der Waals surface area contributed by atoms with Crippen LogP contribution in [0.3, 0.4) is 0 Å². The molecule has 1 aromatic heterocycles. The molecule has 1 unspecified atom stereocenters. The minimum atomic E-state index is -0.0321. The zero-order valence-electron chi connectivity index (χ0n) is 20.4. The summed E-state index contributed by atoms with van der Waals surface area (Å²) in [7, 11) is 0. The van der Waals surface area contributed by atoms with Crippen molar-refractivity contribution in [2.24, 2.45) is 5.92 Å². The number of hydrogen-bond acceptors (Lipinski definition) is 4. The molecule has 4 heteroatoms. The Hall–Kier alpha value is -1.68. The summed E-state index contributed by atoms with van der Waals surface area (Å²) in [4.78, 5) is 0. The van der Waals surface area contributed by atoms with E-state index in [1.54, 1.807) is 0 Å². The summed E-state index contributed by atoms with van der Waals surface area (Å²) in [5.74, 6) is 1.10. The summed E-state index contributed by atoms with van der Waals surface area (Å²) in [5, 5.41) is 12.2. The van der Waals surface area contributed by atoms with Crippen molar-refractivity contribution >= 4 is 5.57 Å². The number of allylic oxidation sites excluding steroid dienone is 2. The molecule has 1 fully saturated rings. The molecule has 1 aromatic rings. The second-order valence-corrected chi connectivity index (χ2v) is 9.70. The quantitative estimate of drug-likeness (QED) is 0.243. The fraction of sp³-hybridized carbons (Fsp3) is 0.714. The zero-order chi connectivity index (χ0) is 22.3. The summed E-state index contributed by atoms with van der Waals surface area (Å²) < 4.78 is 5.89. The smallest absolute Gasteiger partial charge is 0.146 e. The van der Waals surface area contributed by atoms with Crippen LogP contribution in [0.25, 0.3) is 5.57 Å². The van der Waals surface area contributed by atoms with E-state index in [-0.39, 0.29) is 6.23 Å². The van der Waals surface area contributed by atoms with Crippen LogP contribution in [0.1, 0.15) is 115 Å². The van der Waals surface area contributed by atoms with Crippen molar-refractivity contribution in [1.29, 1.82) is 0 Å². The average molecular weight is 440 g/mol. The zero-order valence-corrected chi connectivity index (χ0v) is 20.4. The Kier molecular flexibility index (Phi) is 11.9. The fourth-order valence-corrected chi connectivity index (χ4v) is 4.32. The van der Waals surface area contributed by atoms with Crippen LogP contribution in [0.15, 0.2) is 30.5 Å². The van der Waals surface area contributed by atoms with E-state index in [2.05, 4.69) is 46.7 Å². The van der Waals surface area contributed by atoms with Gasteiger partial charge in [-0.3, -0.25) is 0 Å². The lowest BCUT2D eigenvalue weighted by molar-refractivity contribution is 0.0682. The first-order valence-electron chi connectivity index (χ1n) is 13.4. The molecule has 0 aromatic carbocycles. The first kappa shape index (κ1) is 25.0. The number of nitrogens with zero attached hydrogens (tertiary/aromatic N) is 2. The van der Waals surface area contributed by atoms with Crippen LogP contribution < -0.4 is 5.32 Å². The monoisotopic (exact) mass is 439 g/mol. The number of rotatable bonds is 18. The van der Waals surface area contributed by atoms with Crippen molar-refractivity contribution in [2.45, 2.75) is 116 Å². The molecule has 1 N–H and O–H groups in total. The second-order valence-electron chi connectivity index (χ2n) is 9.70. The molecule has 0 spiro atoms. The number of hydrogen-bond donors (Lipinski definition) is 1. The highest BCUT2D eigenvalue weighted by molar-refractivity contribution is 5.72. The van der Waals surface area contributed by atoms with E-state index in [1.165, 1.54) is 89.9 Å². The minimum Gasteiger partial charge on any atom is -0.362 e. The van der Waals surface area contributed by atoms with Gasteiger partial charge in [0.2, 0.25) is 0 Å². The Labute approximate surface area is 196 Å². The van der Waals surface area contributed by atoms with E-state index < -0.39 is 0 Å². The first-order valence-corrected chi connectivity index (χ1v) is 13.4. The van der Waals surface area contributed by atoms with E-state index >= 15 is 0 Å². The summed E-state index contributed by atoms with van der Waals surface area (Å²) in [6.45, 7) is 3.05. The molecule has 3 rings (SSSR count). The number of aryl methyl sites for hydroxylation is 1. The van der Waals surface area contributed by atoms with Gasteiger partial charge in [-0.2, -0.15) is 10.2 Å². The topological polar surface area (TPSA) is 47.0 Å². The van der Waals surface area contributed by atoms with Gasteiger partial charge in [0.25, 0.3) is 0 Å². The van der Waals surface area contributed by atoms with Gasteiger partial charge in [-0.15, -0.1) is 0 Å². The van der Waals surface area contributed by atoms with Gasteiger partial charge >= 0.3 is 0 Å². The Bertz CT molecular complexity index is 678. The van der Waals surface area contributed by atoms with Gasteiger partial charge in [-0.25, -0.2) is 0 Å². The summed E-state index contributed by atoms with van der Waals surface area (Å²) in [6, 6.07) is 4.22. The molecule has 0 radical (unpaired) electrons. The Balaban J connectivity index is 1.22.